The van der Waals surface area contributed by atoms with Gasteiger partial charge in [0.15, 0.2) is 15.3 Å². The topological polar surface area (TPSA) is 84.7 Å². The molecule has 3 heterocycles. The molecule has 0 radical (unpaired) electrons. The van der Waals surface area contributed by atoms with Crippen LogP contribution in [0.1, 0.15) is 46.6 Å². The Labute approximate surface area is 174 Å². The molecule has 0 saturated carbocycles. The lowest BCUT2D eigenvalue weighted by atomic mass is 9.96. The summed E-state index contributed by atoms with van der Waals surface area (Å²) < 4.78 is 30.2. The van der Waals surface area contributed by atoms with Crippen molar-refractivity contribution in [1.29, 1.82) is 0 Å². The van der Waals surface area contributed by atoms with Gasteiger partial charge in [-0.3, -0.25) is 9.59 Å². The standard InChI is InChI=1S/C23H21NO5S/c1-2-14-7-9-15(10-8-14)20-19-21(25)17-5-3-4-6-18(17)29-22(19)23(26)24(20)16-11-12-30(27,28)13-16/h3-10,16,20H,2,11-13H2,1H3/t16-,20-/m1/s1. The van der Waals surface area contributed by atoms with E-state index < -0.39 is 27.8 Å². The average molecular weight is 423 g/mol. The lowest BCUT2D eigenvalue weighted by molar-refractivity contribution is 0.0662. The molecule has 1 aromatic heterocycles. The summed E-state index contributed by atoms with van der Waals surface area (Å²) in [5.41, 5.74) is 2.34. The quantitative estimate of drug-likeness (QED) is 0.646. The van der Waals surface area contributed by atoms with Gasteiger partial charge in [0.2, 0.25) is 5.76 Å². The van der Waals surface area contributed by atoms with Crippen molar-refractivity contribution in [1.82, 2.24) is 4.90 Å². The molecule has 1 amide bonds. The Morgan fingerprint density at radius 2 is 1.80 bits per heavy atom. The molecule has 0 bridgehead atoms. The Morgan fingerprint density at radius 3 is 2.47 bits per heavy atom. The number of sulfone groups is 1. The van der Waals surface area contributed by atoms with Gasteiger partial charge in [-0.15, -0.1) is 0 Å². The van der Waals surface area contributed by atoms with Crippen molar-refractivity contribution in [2.24, 2.45) is 0 Å². The summed E-state index contributed by atoms with van der Waals surface area (Å²) in [7, 11) is -3.21. The van der Waals surface area contributed by atoms with Crippen molar-refractivity contribution in [3.8, 4) is 0 Å². The Kier molecular flexibility index (Phi) is 4.32. The van der Waals surface area contributed by atoms with Gasteiger partial charge in [-0.25, -0.2) is 8.42 Å². The van der Waals surface area contributed by atoms with E-state index in [-0.39, 0.29) is 22.7 Å². The van der Waals surface area contributed by atoms with Gasteiger partial charge in [0.05, 0.1) is 28.5 Å². The second kappa shape index (κ2) is 6.80. The van der Waals surface area contributed by atoms with E-state index in [0.29, 0.717) is 23.0 Å². The summed E-state index contributed by atoms with van der Waals surface area (Å²) in [5, 5.41) is 0.417. The van der Waals surface area contributed by atoms with Crippen molar-refractivity contribution >= 4 is 26.7 Å². The highest BCUT2D eigenvalue weighted by molar-refractivity contribution is 7.91. The van der Waals surface area contributed by atoms with Crippen molar-refractivity contribution in [3.63, 3.8) is 0 Å². The molecule has 6 nitrogen and oxygen atoms in total. The first-order valence-corrected chi connectivity index (χ1v) is 11.9. The predicted molar refractivity (Wildman–Crippen MR) is 113 cm³/mol. The molecule has 0 spiro atoms. The lowest BCUT2D eigenvalue weighted by Gasteiger charge is -2.30. The van der Waals surface area contributed by atoms with E-state index in [1.54, 1.807) is 29.2 Å². The normalized spacial score (nSPS) is 22.6. The Bertz CT molecular complexity index is 1320. The van der Waals surface area contributed by atoms with Crippen molar-refractivity contribution in [2.45, 2.75) is 31.8 Å². The largest absolute Gasteiger partial charge is 0.450 e. The SMILES string of the molecule is CCc1ccc([C@@H]2c3c(oc4ccccc4c3=O)C(=O)N2[C@@H]2CCS(=O)(=O)C2)cc1. The van der Waals surface area contributed by atoms with Gasteiger partial charge >= 0.3 is 0 Å². The average Bonchev–Trinajstić information content (AvgIpc) is 3.25. The van der Waals surface area contributed by atoms with E-state index in [0.717, 1.165) is 17.5 Å². The number of nitrogens with zero attached hydrogens (tertiary/aromatic N) is 1. The number of fused-ring (bicyclic) bond motifs is 2. The lowest BCUT2D eigenvalue weighted by Crippen LogP contribution is -2.40. The number of benzene rings is 2. The molecule has 1 saturated heterocycles. The van der Waals surface area contributed by atoms with Crippen LogP contribution in [-0.4, -0.2) is 36.8 Å². The third-order valence-corrected chi connectivity index (χ3v) is 7.87. The van der Waals surface area contributed by atoms with E-state index in [9.17, 15) is 18.0 Å². The third-order valence-electron chi connectivity index (χ3n) is 6.12. The highest BCUT2D eigenvalue weighted by atomic mass is 32.2. The Morgan fingerprint density at radius 1 is 1.07 bits per heavy atom. The molecular weight excluding hydrogens is 402 g/mol. The fourth-order valence-corrected chi connectivity index (χ4v) is 6.28. The van der Waals surface area contributed by atoms with Crippen LogP contribution in [0.4, 0.5) is 0 Å². The molecule has 2 aliphatic heterocycles. The minimum atomic E-state index is -3.21. The number of hydrogen-bond donors (Lipinski definition) is 0. The second-order valence-electron chi connectivity index (χ2n) is 7.94. The maximum absolute atomic E-state index is 13.4. The molecule has 0 N–H and O–H groups in total. The molecule has 2 atom stereocenters. The highest BCUT2D eigenvalue weighted by Gasteiger charge is 2.48. The molecule has 5 rings (SSSR count). The fraction of sp³-hybridized carbons (Fsp3) is 0.304. The van der Waals surface area contributed by atoms with E-state index in [4.69, 9.17) is 4.42 Å². The monoisotopic (exact) mass is 423 g/mol. The van der Waals surface area contributed by atoms with Crippen LogP contribution in [0.5, 0.6) is 0 Å². The number of carbonyl (C=O) groups is 1. The van der Waals surface area contributed by atoms with Crippen LogP contribution >= 0.6 is 0 Å². The molecule has 3 aromatic rings. The minimum Gasteiger partial charge on any atom is -0.450 e. The van der Waals surface area contributed by atoms with Gasteiger partial charge in [0, 0.05) is 6.04 Å². The first kappa shape index (κ1) is 19.1. The Hall–Kier alpha value is -2.93. The minimum absolute atomic E-state index is 0.0209. The van der Waals surface area contributed by atoms with Crippen LogP contribution in [0.3, 0.4) is 0 Å². The zero-order valence-corrected chi connectivity index (χ0v) is 17.3. The molecule has 154 valence electrons. The van der Waals surface area contributed by atoms with Gasteiger partial charge in [-0.1, -0.05) is 43.3 Å². The fourth-order valence-electron chi connectivity index (χ4n) is 4.57. The summed E-state index contributed by atoms with van der Waals surface area (Å²) in [6, 6.07) is 13.5. The molecule has 0 unspecified atom stereocenters. The number of carbonyl (C=O) groups excluding carboxylic acids is 1. The van der Waals surface area contributed by atoms with Crippen LogP contribution in [0.15, 0.2) is 57.7 Å². The van der Waals surface area contributed by atoms with E-state index in [1.807, 2.05) is 24.3 Å². The molecule has 1 fully saturated rings. The van der Waals surface area contributed by atoms with Gasteiger partial charge in [0.1, 0.15) is 5.58 Å². The summed E-state index contributed by atoms with van der Waals surface area (Å²) in [6.45, 7) is 2.06. The number of amides is 1. The van der Waals surface area contributed by atoms with E-state index in [2.05, 4.69) is 6.92 Å². The van der Waals surface area contributed by atoms with Gasteiger partial charge in [0.25, 0.3) is 5.91 Å². The third kappa shape index (κ3) is 2.88. The molecule has 7 heteroatoms. The van der Waals surface area contributed by atoms with Crippen LogP contribution in [0.2, 0.25) is 0 Å². The zero-order chi connectivity index (χ0) is 21.0. The van der Waals surface area contributed by atoms with Crippen molar-refractivity contribution in [3.05, 3.63) is 81.2 Å². The number of aryl methyl sites for hydroxylation is 1. The second-order valence-corrected chi connectivity index (χ2v) is 10.2. The highest BCUT2D eigenvalue weighted by Crippen LogP contribution is 2.41. The number of para-hydroxylation sites is 1. The van der Waals surface area contributed by atoms with Crippen LogP contribution < -0.4 is 5.43 Å². The van der Waals surface area contributed by atoms with Crippen molar-refractivity contribution < 1.29 is 17.6 Å². The predicted octanol–water partition coefficient (Wildman–Crippen LogP) is 3.09. The van der Waals surface area contributed by atoms with Crippen LogP contribution in [-0.2, 0) is 16.3 Å². The first-order chi connectivity index (χ1) is 14.4. The molecule has 2 aromatic carbocycles. The first-order valence-electron chi connectivity index (χ1n) is 10.1. The molecule has 30 heavy (non-hydrogen) atoms. The number of hydrogen-bond acceptors (Lipinski definition) is 5. The van der Waals surface area contributed by atoms with Crippen LogP contribution in [0.25, 0.3) is 11.0 Å². The van der Waals surface area contributed by atoms with Crippen molar-refractivity contribution in [2.75, 3.05) is 11.5 Å². The van der Waals surface area contributed by atoms with Gasteiger partial charge in [-0.05, 0) is 36.1 Å². The van der Waals surface area contributed by atoms with Gasteiger partial charge < -0.3 is 9.32 Å². The summed E-state index contributed by atoms with van der Waals surface area (Å²) in [4.78, 5) is 28.4. The summed E-state index contributed by atoms with van der Waals surface area (Å²) in [5.74, 6) is -0.445. The molecule has 0 aliphatic carbocycles. The smallest absolute Gasteiger partial charge is 0.291 e. The summed E-state index contributed by atoms with van der Waals surface area (Å²) >= 11 is 0. The molecular formula is C23H21NO5S. The van der Waals surface area contributed by atoms with Crippen LogP contribution in [0, 0.1) is 0 Å². The maximum Gasteiger partial charge on any atom is 0.291 e. The van der Waals surface area contributed by atoms with E-state index in [1.165, 1.54) is 0 Å². The molecule has 2 aliphatic rings. The maximum atomic E-state index is 13.4. The summed E-state index contributed by atoms with van der Waals surface area (Å²) in [6.07, 6.45) is 1.23. The Balaban J connectivity index is 1.74. The zero-order valence-electron chi connectivity index (χ0n) is 16.5. The number of rotatable bonds is 3. The van der Waals surface area contributed by atoms with Gasteiger partial charge in [-0.2, -0.15) is 0 Å². The van der Waals surface area contributed by atoms with E-state index >= 15 is 0 Å².